The number of amides is 1. The number of aliphatic imine (C=N–C) groups is 1. The Morgan fingerprint density at radius 2 is 2.29 bits per heavy atom. The summed E-state index contributed by atoms with van der Waals surface area (Å²) >= 11 is 0. The normalized spacial score (nSPS) is 34.0. The Morgan fingerprint density at radius 1 is 1.57 bits per heavy atom. The second-order valence-corrected chi connectivity index (χ2v) is 7.59. The van der Waals surface area contributed by atoms with Crippen molar-refractivity contribution < 1.29 is 24.9 Å². The van der Waals surface area contributed by atoms with Gasteiger partial charge in [-0.3, -0.25) is 9.79 Å². The number of carbonyl (C=O) groups is 1. The summed E-state index contributed by atoms with van der Waals surface area (Å²) in [7, 11) is 0. The first-order valence-corrected chi connectivity index (χ1v) is 9.21. The zero-order valence-corrected chi connectivity index (χ0v) is 15.5. The fraction of sp³-hybridized carbons (Fsp3) is 0.556. The number of aromatic nitrogens is 1. The minimum atomic E-state index is -1.87. The maximum absolute atomic E-state index is 12.8. The van der Waals surface area contributed by atoms with E-state index in [9.17, 15) is 20.1 Å². The van der Waals surface area contributed by atoms with Crippen LogP contribution in [0.15, 0.2) is 23.3 Å². The van der Waals surface area contributed by atoms with Crippen LogP contribution in [0.5, 0.6) is 0 Å². The molecule has 1 aromatic rings. The van der Waals surface area contributed by atoms with Crippen LogP contribution in [0.25, 0.3) is 0 Å². The van der Waals surface area contributed by atoms with Gasteiger partial charge in [0.2, 0.25) is 0 Å². The van der Waals surface area contributed by atoms with E-state index < -0.39 is 36.8 Å². The Bertz CT molecular complexity index is 848. The van der Waals surface area contributed by atoms with Crippen LogP contribution in [0.1, 0.15) is 48.1 Å². The molecule has 1 aliphatic carbocycles. The summed E-state index contributed by atoms with van der Waals surface area (Å²) in [4.78, 5) is 16.9. The van der Waals surface area contributed by atoms with Crippen molar-refractivity contribution in [2.75, 3.05) is 11.9 Å². The number of nitrogens with two attached hydrogens (primary N) is 1. The molecule has 3 heterocycles. The van der Waals surface area contributed by atoms with Crippen molar-refractivity contribution in [3.05, 3.63) is 29.5 Å². The van der Waals surface area contributed by atoms with Crippen molar-refractivity contribution in [2.45, 2.75) is 56.0 Å². The molecule has 2 aliphatic heterocycles. The van der Waals surface area contributed by atoms with Gasteiger partial charge in [-0.25, -0.2) is 0 Å². The van der Waals surface area contributed by atoms with E-state index in [0.717, 1.165) is 12.8 Å². The number of aliphatic hydroxyl groups is 3. The summed E-state index contributed by atoms with van der Waals surface area (Å²) in [5, 5.41) is 37.2. The Hall–Kier alpha value is -2.24. The quantitative estimate of drug-likeness (QED) is 0.364. The van der Waals surface area contributed by atoms with E-state index in [2.05, 4.69) is 22.2 Å². The minimum absolute atomic E-state index is 0.151. The lowest BCUT2D eigenvalue weighted by atomic mass is 9.87. The second kappa shape index (κ2) is 6.68. The molecular weight excluding hydrogens is 366 g/mol. The first-order valence-electron chi connectivity index (χ1n) is 9.21. The number of aliphatic hydroxyl groups excluding tert-OH is 2. The molecular formula is C18H25N5O5. The first kappa shape index (κ1) is 19.1. The average molecular weight is 391 g/mol. The highest BCUT2D eigenvalue weighted by Crippen LogP contribution is 2.46. The molecule has 0 radical (unpaired) electrons. The Morgan fingerprint density at radius 3 is 2.89 bits per heavy atom. The lowest BCUT2D eigenvalue weighted by molar-refractivity contribution is -0.0839. The van der Waals surface area contributed by atoms with Gasteiger partial charge < -0.3 is 41.0 Å². The SMILES string of the molecule is C=C(C)C1(O)C(O)C(CO)OC1n1cc(C(=O)NC2CC2)c2c1NC=NC2N. The van der Waals surface area contributed by atoms with E-state index in [1.54, 1.807) is 6.92 Å². The molecule has 4 rings (SSSR count). The molecule has 0 spiro atoms. The van der Waals surface area contributed by atoms with E-state index >= 15 is 0 Å². The van der Waals surface area contributed by atoms with Crippen molar-refractivity contribution in [3.8, 4) is 0 Å². The zero-order chi connectivity index (χ0) is 20.2. The van der Waals surface area contributed by atoms with Gasteiger partial charge in [-0.2, -0.15) is 0 Å². The number of nitrogens with zero attached hydrogens (tertiary/aromatic N) is 2. The van der Waals surface area contributed by atoms with E-state index in [0.29, 0.717) is 16.9 Å². The molecule has 10 heteroatoms. The van der Waals surface area contributed by atoms with Crippen LogP contribution in [0.3, 0.4) is 0 Å². The van der Waals surface area contributed by atoms with Crippen LogP contribution in [-0.2, 0) is 4.74 Å². The molecule has 2 fully saturated rings. The summed E-state index contributed by atoms with van der Waals surface area (Å²) in [5.41, 5.74) is 5.29. The average Bonchev–Trinajstić information content (AvgIpc) is 3.32. The van der Waals surface area contributed by atoms with Crippen LogP contribution in [0.2, 0.25) is 0 Å². The van der Waals surface area contributed by atoms with Crippen LogP contribution in [-0.4, -0.2) is 62.6 Å². The highest BCUT2D eigenvalue weighted by Gasteiger charge is 2.57. The maximum atomic E-state index is 12.8. The number of fused-ring (bicyclic) bond motifs is 1. The van der Waals surface area contributed by atoms with E-state index in [-0.39, 0.29) is 17.5 Å². The molecule has 5 atom stereocenters. The number of carbonyl (C=O) groups excluding carboxylic acids is 1. The van der Waals surface area contributed by atoms with Crippen LogP contribution >= 0.6 is 0 Å². The van der Waals surface area contributed by atoms with Gasteiger partial charge in [0.15, 0.2) is 11.8 Å². The van der Waals surface area contributed by atoms with Gasteiger partial charge in [0.05, 0.1) is 18.5 Å². The smallest absolute Gasteiger partial charge is 0.253 e. The summed E-state index contributed by atoms with van der Waals surface area (Å²) in [6.45, 7) is 4.86. The van der Waals surface area contributed by atoms with Crippen molar-refractivity contribution in [1.29, 1.82) is 0 Å². The first-order chi connectivity index (χ1) is 13.3. The Labute approximate surface area is 161 Å². The summed E-state index contributed by atoms with van der Waals surface area (Å²) < 4.78 is 7.28. The standard InChI is InChI=1S/C18H25N5O5/c1-8(2)18(27)13(25)11(6-24)28-17(18)23-5-10(16(26)22-9-3-4-9)12-14(19)20-7-21-15(12)23/h5,7,9,11,13-14,17,24-25,27H,1,3-4,6,19H2,2H3,(H,20,21)(H,22,26). The van der Waals surface area contributed by atoms with Gasteiger partial charge in [0.25, 0.3) is 5.91 Å². The van der Waals surface area contributed by atoms with E-state index in [1.165, 1.54) is 17.1 Å². The molecule has 10 nitrogen and oxygen atoms in total. The van der Waals surface area contributed by atoms with Crippen LogP contribution in [0.4, 0.5) is 5.82 Å². The summed E-state index contributed by atoms with van der Waals surface area (Å²) in [6, 6.07) is 0.151. The molecule has 0 aromatic carbocycles. The molecule has 1 saturated carbocycles. The molecule has 28 heavy (non-hydrogen) atoms. The van der Waals surface area contributed by atoms with Crippen molar-refractivity contribution in [2.24, 2.45) is 10.7 Å². The third-order valence-corrected chi connectivity index (χ3v) is 5.56. The molecule has 7 N–H and O–H groups in total. The lowest BCUT2D eigenvalue weighted by Gasteiger charge is -2.33. The highest BCUT2D eigenvalue weighted by atomic mass is 16.6. The third kappa shape index (κ3) is 2.76. The fourth-order valence-corrected chi connectivity index (χ4v) is 3.76. The van der Waals surface area contributed by atoms with Crippen molar-refractivity contribution in [1.82, 2.24) is 9.88 Å². The third-order valence-electron chi connectivity index (χ3n) is 5.56. The second-order valence-electron chi connectivity index (χ2n) is 7.59. The topological polar surface area (TPSA) is 154 Å². The highest BCUT2D eigenvalue weighted by molar-refractivity contribution is 5.99. The van der Waals surface area contributed by atoms with Crippen LogP contribution in [0, 0.1) is 0 Å². The molecule has 3 aliphatic rings. The van der Waals surface area contributed by atoms with Crippen LogP contribution < -0.4 is 16.4 Å². The molecule has 1 aromatic heterocycles. The van der Waals surface area contributed by atoms with Gasteiger partial charge in [-0.15, -0.1) is 0 Å². The number of nitrogens with one attached hydrogen (secondary N) is 2. The van der Waals surface area contributed by atoms with E-state index in [4.69, 9.17) is 10.5 Å². The Kier molecular flexibility index (Phi) is 4.55. The van der Waals surface area contributed by atoms with Crippen molar-refractivity contribution in [3.63, 3.8) is 0 Å². The Balaban J connectivity index is 1.81. The molecule has 152 valence electrons. The number of rotatable bonds is 5. The molecule has 0 bridgehead atoms. The monoisotopic (exact) mass is 391 g/mol. The van der Waals surface area contributed by atoms with Gasteiger partial charge in [-0.1, -0.05) is 6.58 Å². The van der Waals surface area contributed by atoms with Gasteiger partial charge in [0.1, 0.15) is 24.2 Å². The summed E-state index contributed by atoms with van der Waals surface area (Å²) in [6.07, 6.45) is 0.489. The number of ether oxygens (including phenoxy) is 1. The fourth-order valence-electron chi connectivity index (χ4n) is 3.76. The maximum Gasteiger partial charge on any atom is 0.253 e. The van der Waals surface area contributed by atoms with E-state index in [1.807, 2.05) is 0 Å². The number of hydrogen-bond acceptors (Lipinski definition) is 8. The molecule has 5 unspecified atom stereocenters. The lowest BCUT2D eigenvalue weighted by Crippen LogP contribution is -2.47. The van der Waals surface area contributed by atoms with Crippen molar-refractivity contribution >= 4 is 18.1 Å². The molecule has 1 saturated heterocycles. The summed E-state index contributed by atoms with van der Waals surface area (Å²) in [5.74, 6) is 0.141. The zero-order valence-electron chi connectivity index (χ0n) is 15.5. The van der Waals surface area contributed by atoms with Gasteiger partial charge >= 0.3 is 0 Å². The number of hydrogen-bond donors (Lipinski definition) is 6. The van der Waals surface area contributed by atoms with Gasteiger partial charge in [0, 0.05) is 17.8 Å². The predicted octanol–water partition coefficient (Wildman–Crippen LogP) is -0.651. The molecule has 1 amide bonds. The largest absolute Gasteiger partial charge is 0.394 e. The van der Waals surface area contributed by atoms with Gasteiger partial charge in [-0.05, 0) is 25.3 Å². The number of anilines is 1. The predicted molar refractivity (Wildman–Crippen MR) is 101 cm³/mol. The minimum Gasteiger partial charge on any atom is -0.394 e.